The van der Waals surface area contributed by atoms with Gasteiger partial charge in [0.05, 0.1) is 10.7 Å². The van der Waals surface area contributed by atoms with Gasteiger partial charge in [-0.1, -0.05) is 0 Å². The first-order valence-corrected chi connectivity index (χ1v) is 6.40. The fraction of sp³-hybridized carbons (Fsp3) is 0.727. The Labute approximate surface area is 95.5 Å². The van der Waals surface area contributed by atoms with Gasteiger partial charge in [-0.3, -0.25) is 0 Å². The molecule has 1 N–H and O–H groups in total. The molecule has 0 spiro atoms. The molecule has 15 heavy (non-hydrogen) atoms. The maximum absolute atomic E-state index is 4.71. The predicted molar refractivity (Wildman–Crippen MR) is 64.4 cm³/mol. The third-order valence-corrected chi connectivity index (χ3v) is 3.80. The van der Waals surface area contributed by atoms with Crippen LogP contribution < -0.4 is 5.32 Å². The Kier molecular flexibility index (Phi) is 3.72. The molecular weight excluding hydrogens is 206 g/mol. The number of aryl methyl sites for hydroxylation is 1. The van der Waals surface area contributed by atoms with Crippen LogP contribution in [0.5, 0.6) is 0 Å². The molecule has 0 radical (unpaired) electrons. The van der Waals surface area contributed by atoms with Crippen LogP contribution in [0.15, 0.2) is 0 Å². The molecule has 0 saturated carbocycles. The molecular formula is C11H19N3S. The zero-order valence-electron chi connectivity index (χ0n) is 9.55. The maximum atomic E-state index is 4.71. The lowest BCUT2D eigenvalue weighted by Gasteiger charge is -2.09. The SMILES string of the molecule is CN(C)CCCc1nc2c(s1)CNCC2. The van der Waals surface area contributed by atoms with E-state index in [0.29, 0.717) is 0 Å². The van der Waals surface area contributed by atoms with E-state index in [0.717, 1.165) is 32.5 Å². The minimum Gasteiger partial charge on any atom is -0.311 e. The highest BCUT2D eigenvalue weighted by Crippen LogP contribution is 2.22. The van der Waals surface area contributed by atoms with Crippen LogP contribution in [0.4, 0.5) is 0 Å². The summed E-state index contributed by atoms with van der Waals surface area (Å²) in [5.74, 6) is 0. The lowest BCUT2D eigenvalue weighted by atomic mass is 10.2. The molecule has 0 fully saturated rings. The van der Waals surface area contributed by atoms with Crippen LogP contribution in [-0.4, -0.2) is 37.1 Å². The average Bonchev–Trinajstić information content (AvgIpc) is 2.59. The highest BCUT2D eigenvalue weighted by molar-refractivity contribution is 7.11. The minimum absolute atomic E-state index is 1.03. The van der Waals surface area contributed by atoms with Crippen LogP contribution in [0.1, 0.15) is 22.0 Å². The van der Waals surface area contributed by atoms with Crippen molar-refractivity contribution >= 4 is 11.3 Å². The van der Waals surface area contributed by atoms with Crippen molar-refractivity contribution in [2.75, 3.05) is 27.2 Å². The molecule has 1 aliphatic rings. The van der Waals surface area contributed by atoms with E-state index in [4.69, 9.17) is 4.98 Å². The van der Waals surface area contributed by atoms with E-state index in [1.807, 2.05) is 11.3 Å². The van der Waals surface area contributed by atoms with Gasteiger partial charge in [0, 0.05) is 30.8 Å². The minimum atomic E-state index is 1.03. The number of rotatable bonds is 4. The summed E-state index contributed by atoms with van der Waals surface area (Å²) >= 11 is 1.89. The van der Waals surface area contributed by atoms with Gasteiger partial charge in [0.15, 0.2) is 0 Å². The van der Waals surface area contributed by atoms with Gasteiger partial charge in [0.2, 0.25) is 0 Å². The molecule has 2 rings (SSSR count). The highest BCUT2D eigenvalue weighted by atomic mass is 32.1. The molecule has 1 aromatic rings. The first-order chi connectivity index (χ1) is 7.25. The van der Waals surface area contributed by atoms with Crippen LogP contribution in [0, 0.1) is 0 Å². The Morgan fingerprint density at radius 3 is 3.07 bits per heavy atom. The lowest BCUT2D eigenvalue weighted by molar-refractivity contribution is 0.400. The molecule has 1 aromatic heterocycles. The number of nitrogens with one attached hydrogen (secondary N) is 1. The molecule has 3 nitrogen and oxygen atoms in total. The van der Waals surface area contributed by atoms with E-state index >= 15 is 0 Å². The van der Waals surface area contributed by atoms with Gasteiger partial charge in [0.25, 0.3) is 0 Å². The third-order valence-electron chi connectivity index (χ3n) is 2.64. The van der Waals surface area contributed by atoms with Crippen LogP contribution in [0.3, 0.4) is 0 Å². The Morgan fingerprint density at radius 2 is 2.33 bits per heavy atom. The molecule has 84 valence electrons. The Morgan fingerprint density at radius 1 is 1.47 bits per heavy atom. The van der Waals surface area contributed by atoms with Gasteiger partial charge in [-0.15, -0.1) is 11.3 Å². The fourth-order valence-corrected chi connectivity index (χ4v) is 2.96. The smallest absolute Gasteiger partial charge is 0.0932 e. The van der Waals surface area contributed by atoms with Crippen LogP contribution >= 0.6 is 11.3 Å². The topological polar surface area (TPSA) is 28.2 Å². The van der Waals surface area contributed by atoms with Crippen LogP contribution in [-0.2, 0) is 19.4 Å². The van der Waals surface area contributed by atoms with Crippen LogP contribution in [0.25, 0.3) is 0 Å². The summed E-state index contributed by atoms with van der Waals surface area (Å²) in [4.78, 5) is 8.40. The number of nitrogens with zero attached hydrogens (tertiary/aromatic N) is 2. The molecule has 0 unspecified atom stereocenters. The number of fused-ring (bicyclic) bond motifs is 1. The monoisotopic (exact) mass is 225 g/mol. The second kappa shape index (κ2) is 5.05. The van der Waals surface area contributed by atoms with Crippen molar-refractivity contribution in [3.05, 3.63) is 15.6 Å². The summed E-state index contributed by atoms with van der Waals surface area (Å²) in [6.07, 6.45) is 3.46. The number of aromatic nitrogens is 1. The Hall–Kier alpha value is -0.450. The molecule has 4 heteroatoms. The Balaban J connectivity index is 1.89. The van der Waals surface area contributed by atoms with Crippen molar-refractivity contribution in [1.82, 2.24) is 15.2 Å². The summed E-state index contributed by atoms with van der Waals surface area (Å²) in [7, 11) is 4.24. The van der Waals surface area contributed by atoms with Gasteiger partial charge < -0.3 is 10.2 Å². The van der Waals surface area contributed by atoms with Crippen molar-refractivity contribution in [3.8, 4) is 0 Å². The molecule has 2 heterocycles. The van der Waals surface area contributed by atoms with Crippen molar-refractivity contribution in [2.45, 2.75) is 25.8 Å². The van der Waals surface area contributed by atoms with E-state index in [9.17, 15) is 0 Å². The second-order valence-corrected chi connectivity index (χ2v) is 5.48. The molecule has 0 aromatic carbocycles. The average molecular weight is 225 g/mol. The summed E-state index contributed by atoms with van der Waals surface area (Å²) in [6.45, 7) is 3.27. The fourth-order valence-electron chi connectivity index (χ4n) is 1.83. The second-order valence-electron chi connectivity index (χ2n) is 4.31. The van der Waals surface area contributed by atoms with E-state index in [-0.39, 0.29) is 0 Å². The van der Waals surface area contributed by atoms with Crippen molar-refractivity contribution in [2.24, 2.45) is 0 Å². The molecule has 0 aliphatic carbocycles. The van der Waals surface area contributed by atoms with Gasteiger partial charge in [-0.25, -0.2) is 4.98 Å². The van der Waals surface area contributed by atoms with Gasteiger partial charge >= 0.3 is 0 Å². The number of hydrogen-bond acceptors (Lipinski definition) is 4. The van der Waals surface area contributed by atoms with Crippen molar-refractivity contribution in [1.29, 1.82) is 0 Å². The van der Waals surface area contributed by atoms with E-state index in [2.05, 4.69) is 24.3 Å². The van der Waals surface area contributed by atoms with Crippen molar-refractivity contribution in [3.63, 3.8) is 0 Å². The summed E-state index contributed by atoms with van der Waals surface area (Å²) < 4.78 is 0. The summed E-state index contributed by atoms with van der Waals surface area (Å²) in [5.41, 5.74) is 1.35. The summed E-state index contributed by atoms with van der Waals surface area (Å²) in [5, 5.41) is 4.72. The van der Waals surface area contributed by atoms with E-state index < -0.39 is 0 Å². The predicted octanol–water partition coefficient (Wildman–Crippen LogP) is 1.28. The zero-order chi connectivity index (χ0) is 10.7. The van der Waals surface area contributed by atoms with Gasteiger partial charge in [-0.2, -0.15) is 0 Å². The zero-order valence-corrected chi connectivity index (χ0v) is 10.4. The summed E-state index contributed by atoms with van der Waals surface area (Å²) in [6, 6.07) is 0. The molecule has 1 aliphatic heterocycles. The van der Waals surface area contributed by atoms with Crippen LogP contribution in [0.2, 0.25) is 0 Å². The number of thiazole rings is 1. The standard InChI is InChI=1S/C11H19N3S/c1-14(2)7-3-4-11-13-9-5-6-12-8-10(9)15-11/h12H,3-8H2,1-2H3. The molecule has 0 amide bonds. The first kappa shape index (κ1) is 11.0. The van der Waals surface area contributed by atoms with Crippen molar-refractivity contribution < 1.29 is 0 Å². The van der Waals surface area contributed by atoms with E-state index in [1.165, 1.54) is 22.0 Å². The van der Waals surface area contributed by atoms with E-state index in [1.54, 1.807) is 0 Å². The highest BCUT2D eigenvalue weighted by Gasteiger charge is 2.14. The first-order valence-electron chi connectivity index (χ1n) is 5.58. The largest absolute Gasteiger partial charge is 0.311 e. The normalized spacial score (nSPS) is 15.7. The molecule has 0 saturated heterocycles. The molecule has 0 atom stereocenters. The van der Waals surface area contributed by atoms with Gasteiger partial charge in [-0.05, 0) is 27.1 Å². The third kappa shape index (κ3) is 3.00. The maximum Gasteiger partial charge on any atom is 0.0932 e. The lowest BCUT2D eigenvalue weighted by Crippen LogP contribution is -2.22. The quantitative estimate of drug-likeness (QED) is 0.837. The van der Waals surface area contributed by atoms with Gasteiger partial charge in [0.1, 0.15) is 0 Å². The number of hydrogen-bond donors (Lipinski definition) is 1. The molecule has 0 bridgehead atoms. The Bertz CT molecular complexity index is 296.